The zero-order chi connectivity index (χ0) is 19.5. The first-order chi connectivity index (χ1) is 12.8. The molecule has 27 heavy (non-hydrogen) atoms. The molecule has 0 unspecified atom stereocenters. The standard InChI is InChI=1S/C20H13Cl3O4/c21-20(22,23)13-26-18(25)19(11-10-14-6-2-1-3-7-14)12-16(24)15-8-4-5-9-17(15)27-19/h1-9H,12-13H2/t19-/m0/s1. The van der Waals surface area contributed by atoms with Crippen LogP contribution in [0.15, 0.2) is 54.6 Å². The van der Waals surface area contributed by atoms with Crippen LogP contribution in [0.25, 0.3) is 0 Å². The summed E-state index contributed by atoms with van der Waals surface area (Å²) in [6.07, 6.45) is -0.303. The van der Waals surface area contributed by atoms with Gasteiger partial charge >= 0.3 is 5.97 Å². The van der Waals surface area contributed by atoms with Crippen LogP contribution >= 0.6 is 34.8 Å². The molecule has 3 rings (SSSR count). The summed E-state index contributed by atoms with van der Waals surface area (Å²) in [5.74, 6) is 4.70. The van der Waals surface area contributed by atoms with Crippen LogP contribution in [0.4, 0.5) is 0 Å². The topological polar surface area (TPSA) is 52.6 Å². The zero-order valence-electron chi connectivity index (χ0n) is 13.9. The quantitative estimate of drug-likeness (QED) is 0.409. The Morgan fingerprint density at radius 2 is 1.78 bits per heavy atom. The Kier molecular flexibility index (Phi) is 5.67. The highest BCUT2D eigenvalue weighted by Gasteiger charge is 2.48. The lowest BCUT2D eigenvalue weighted by Crippen LogP contribution is -2.49. The molecule has 2 aromatic rings. The summed E-state index contributed by atoms with van der Waals surface area (Å²) in [5.41, 5.74) is -0.790. The number of benzene rings is 2. The minimum Gasteiger partial charge on any atom is -0.462 e. The summed E-state index contributed by atoms with van der Waals surface area (Å²) >= 11 is 17.0. The van der Waals surface area contributed by atoms with Crippen LogP contribution < -0.4 is 4.74 Å². The Hall–Kier alpha value is -2.19. The Bertz CT molecular complexity index is 925. The van der Waals surface area contributed by atoms with E-state index in [4.69, 9.17) is 44.3 Å². The van der Waals surface area contributed by atoms with E-state index >= 15 is 0 Å². The van der Waals surface area contributed by atoms with E-state index in [2.05, 4.69) is 11.8 Å². The number of hydrogen-bond acceptors (Lipinski definition) is 4. The van der Waals surface area contributed by atoms with Gasteiger partial charge in [0.25, 0.3) is 5.60 Å². The lowest BCUT2D eigenvalue weighted by atomic mass is 9.90. The molecule has 0 radical (unpaired) electrons. The lowest BCUT2D eigenvalue weighted by Gasteiger charge is -2.32. The number of halogens is 3. The van der Waals surface area contributed by atoms with Crippen molar-refractivity contribution in [3.8, 4) is 17.6 Å². The number of para-hydroxylation sites is 1. The van der Waals surface area contributed by atoms with Gasteiger partial charge in [-0.3, -0.25) is 4.79 Å². The molecular formula is C20H13Cl3O4. The zero-order valence-corrected chi connectivity index (χ0v) is 16.1. The van der Waals surface area contributed by atoms with E-state index in [1.807, 2.05) is 6.07 Å². The Morgan fingerprint density at radius 3 is 2.48 bits per heavy atom. The molecule has 138 valence electrons. The normalized spacial score (nSPS) is 18.6. The Labute approximate surface area is 171 Å². The SMILES string of the molecule is O=C1C[C@@](C#Cc2ccccc2)(C(=O)OCC(Cl)(Cl)Cl)Oc2ccccc21. The van der Waals surface area contributed by atoms with Crippen molar-refractivity contribution in [2.24, 2.45) is 0 Å². The number of ether oxygens (including phenoxy) is 2. The number of Topliss-reactive ketones (excluding diaryl/α,β-unsaturated/α-hetero) is 1. The highest BCUT2D eigenvalue weighted by Crippen LogP contribution is 2.35. The van der Waals surface area contributed by atoms with Crippen LogP contribution in [-0.4, -0.2) is 27.8 Å². The molecule has 1 aliphatic heterocycles. The molecule has 0 amide bonds. The fraction of sp³-hybridized carbons (Fsp3) is 0.200. The number of ketones is 1. The van der Waals surface area contributed by atoms with Gasteiger partial charge in [0.15, 0.2) is 5.78 Å². The van der Waals surface area contributed by atoms with E-state index in [1.165, 1.54) is 0 Å². The average molecular weight is 424 g/mol. The third kappa shape index (κ3) is 4.75. The smallest absolute Gasteiger partial charge is 0.364 e. The van der Waals surface area contributed by atoms with E-state index < -0.39 is 22.0 Å². The second-order valence-electron chi connectivity index (χ2n) is 5.83. The second-order valence-corrected chi connectivity index (χ2v) is 8.35. The molecule has 0 bridgehead atoms. The summed E-state index contributed by atoms with van der Waals surface area (Å²) in [6.45, 7) is -0.496. The number of carbonyl (C=O) groups is 2. The fourth-order valence-electron chi connectivity index (χ4n) is 2.52. The van der Waals surface area contributed by atoms with Crippen molar-refractivity contribution in [1.29, 1.82) is 0 Å². The number of alkyl halides is 3. The molecular weight excluding hydrogens is 411 g/mol. The van der Waals surface area contributed by atoms with Crippen molar-refractivity contribution >= 4 is 46.6 Å². The molecule has 0 aromatic heterocycles. The van der Waals surface area contributed by atoms with Crippen molar-refractivity contribution in [3.63, 3.8) is 0 Å². The highest BCUT2D eigenvalue weighted by atomic mass is 35.6. The molecule has 1 atom stereocenters. The van der Waals surface area contributed by atoms with Crippen LogP contribution in [0, 0.1) is 11.8 Å². The Morgan fingerprint density at radius 1 is 1.11 bits per heavy atom. The molecule has 0 fully saturated rings. The van der Waals surface area contributed by atoms with Gasteiger partial charge in [-0.2, -0.15) is 0 Å². The van der Waals surface area contributed by atoms with Crippen molar-refractivity contribution in [3.05, 3.63) is 65.7 Å². The van der Waals surface area contributed by atoms with Crippen LogP contribution in [-0.2, 0) is 9.53 Å². The maximum absolute atomic E-state index is 12.8. The van der Waals surface area contributed by atoms with Gasteiger partial charge < -0.3 is 9.47 Å². The summed E-state index contributed by atoms with van der Waals surface area (Å²) in [5, 5.41) is 0. The van der Waals surface area contributed by atoms with Gasteiger partial charge in [-0.1, -0.05) is 71.1 Å². The van der Waals surface area contributed by atoms with Gasteiger partial charge in [0.2, 0.25) is 3.79 Å². The molecule has 1 aliphatic rings. The minimum atomic E-state index is -1.82. The summed E-state index contributed by atoms with van der Waals surface area (Å²) in [4.78, 5) is 25.3. The fourth-order valence-corrected chi connectivity index (χ4v) is 2.69. The van der Waals surface area contributed by atoms with Crippen LogP contribution in [0.2, 0.25) is 0 Å². The predicted octanol–water partition coefficient (Wildman–Crippen LogP) is 4.36. The van der Waals surface area contributed by atoms with Crippen molar-refractivity contribution in [2.75, 3.05) is 6.61 Å². The molecule has 0 aliphatic carbocycles. The molecule has 0 N–H and O–H groups in total. The predicted molar refractivity (Wildman–Crippen MR) is 103 cm³/mol. The van der Waals surface area contributed by atoms with E-state index in [9.17, 15) is 9.59 Å². The molecule has 0 spiro atoms. The highest BCUT2D eigenvalue weighted by molar-refractivity contribution is 6.67. The van der Waals surface area contributed by atoms with E-state index in [1.54, 1.807) is 48.5 Å². The molecule has 1 heterocycles. The van der Waals surface area contributed by atoms with Gasteiger partial charge in [-0.15, -0.1) is 0 Å². The van der Waals surface area contributed by atoms with E-state index in [0.29, 0.717) is 11.1 Å². The van der Waals surface area contributed by atoms with Crippen molar-refractivity contribution < 1.29 is 19.1 Å². The second kappa shape index (κ2) is 7.82. The molecule has 7 heteroatoms. The minimum absolute atomic E-state index is 0.252. The van der Waals surface area contributed by atoms with Gasteiger partial charge in [0, 0.05) is 5.56 Å². The molecule has 0 saturated carbocycles. The lowest BCUT2D eigenvalue weighted by molar-refractivity contribution is -0.157. The first kappa shape index (κ1) is 19.6. The molecule has 2 aromatic carbocycles. The number of carbonyl (C=O) groups excluding carboxylic acids is 2. The number of rotatable bonds is 2. The monoisotopic (exact) mass is 422 g/mol. The summed E-state index contributed by atoms with van der Waals surface area (Å²) in [6, 6.07) is 15.6. The van der Waals surface area contributed by atoms with Crippen LogP contribution in [0.1, 0.15) is 22.3 Å². The Balaban J connectivity index is 1.99. The van der Waals surface area contributed by atoms with E-state index in [0.717, 1.165) is 0 Å². The van der Waals surface area contributed by atoms with Gasteiger partial charge in [0.1, 0.15) is 12.4 Å². The maximum Gasteiger partial charge on any atom is 0.364 e. The van der Waals surface area contributed by atoms with Crippen molar-refractivity contribution in [2.45, 2.75) is 15.8 Å². The maximum atomic E-state index is 12.8. The number of fused-ring (bicyclic) bond motifs is 1. The first-order valence-electron chi connectivity index (χ1n) is 7.92. The number of hydrogen-bond donors (Lipinski definition) is 0. The third-order valence-electron chi connectivity index (χ3n) is 3.76. The first-order valence-corrected chi connectivity index (χ1v) is 9.06. The van der Waals surface area contributed by atoms with Crippen LogP contribution in [0.5, 0.6) is 5.75 Å². The molecule has 4 nitrogen and oxygen atoms in total. The number of esters is 1. The van der Waals surface area contributed by atoms with Crippen LogP contribution in [0.3, 0.4) is 0 Å². The third-order valence-corrected chi connectivity index (χ3v) is 4.09. The summed E-state index contributed by atoms with van der Waals surface area (Å²) < 4.78 is 9.14. The summed E-state index contributed by atoms with van der Waals surface area (Å²) in [7, 11) is 0. The van der Waals surface area contributed by atoms with E-state index in [-0.39, 0.29) is 18.0 Å². The largest absolute Gasteiger partial charge is 0.462 e. The van der Waals surface area contributed by atoms with Gasteiger partial charge in [-0.25, -0.2) is 4.79 Å². The van der Waals surface area contributed by atoms with Gasteiger partial charge in [0.05, 0.1) is 12.0 Å². The van der Waals surface area contributed by atoms with Crippen molar-refractivity contribution in [1.82, 2.24) is 0 Å². The average Bonchev–Trinajstić information content (AvgIpc) is 2.65. The van der Waals surface area contributed by atoms with Gasteiger partial charge in [-0.05, 0) is 30.2 Å². The molecule has 0 saturated heterocycles.